The predicted molar refractivity (Wildman–Crippen MR) is 73.1 cm³/mol. The molecular formula is C14H14ClFN2O. The SMILES string of the molecule is CNC(c1cncc(OC)c1)c1ccc(F)c(Cl)c1. The summed E-state index contributed by atoms with van der Waals surface area (Å²) in [5, 5.41) is 3.26. The fourth-order valence-corrected chi connectivity index (χ4v) is 2.11. The van der Waals surface area contributed by atoms with E-state index in [0.717, 1.165) is 11.1 Å². The van der Waals surface area contributed by atoms with Gasteiger partial charge in [0.25, 0.3) is 0 Å². The van der Waals surface area contributed by atoms with Crippen LogP contribution < -0.4 is 10.1 Å². The zero-order valence-electron chi connectivity index (χ0n) is 10.7. The van der Waals surface area contributed by atoms with E-state index in [1.165, 1.54) is 6.07 Å². The van der Waals surface area contributed by atoms with Crippen molar-refractivity contribution in [3.63, 3.8) is 0 Å². The number of pyridine rings is 1. The first kappa shape index (κ1) is 13.8. The van der Waals surface area contributed by atoms with Crippen LogP contribution in [0, 0.1) is 5.82 Å². The van der Waals surface area contributed by atoms with Crippen LogP contribution in [-0.4, -0.2) is 19.1 Å². The maximum atomic E-state index is 13.2. The molecule has 19 heavy (non-hydrogen) atoms. The highest BCUT2D eigenvalue weighted by Crippen LogP contribution is 2.27. The van der Waals surface area contributed by atoms with E-state index in [2.05, 4.69) is 10.3 Å². The number of ether oxygens (including phenoxy) is 1. The monoisotopic (exact) mass is 280 g/mol. The summed E-state index contributed by atoms with van der Waals surface area (Å²) in [4.78, 5) is 4.12. The number of methoxy groups -OCH3 is 1. The van der Waals surface area contributed by atoms with Gasteiger partial charge in [-0.15, -0.1) is 0 Å². The van der Waals surface area contributed by atoms with Gasteiger partial charge >= 0.3 is 0 Å². The zero-order valence-corrected chi connectivity index (χ0v) is 11.4. The van der Waals surface area contributed by atoms with Gasteiger partial charge in [0, 0.05) is 6.20 Å². The van der Waals surface area contributed by atoms with Crippen LogP contribution in [0.25, 0.3) is 0 Å². The van der Waals surface area contributed by atoms with Crippen molar-refractivity contribution < 1.29 is 9.13 Å². The molecule has 1 unspecified atom stereocenters. The van der Waals surface area contributed by atoms with Gasteiger partial charge in [-0.3, -0.25) is 4.98 Å². The van der Waals surface area contributed by atoms with Gasteiger partial charge < -0.3 is 10.1 Å². The number of benzene rings is 1. The Hall–Kier alpha value is -1.65. The summed E-state index contributed by atoms with van der Waals surface area (Å²) < 4.78 is 18.4. The fraction of sp³-hybridized carbons (Fsp3) is 0.214. The predicted octanol–water partition coefficient (Wildman–Crippen LogP) is 3.19. The minimum absolute atomic E-state index is 0.105. The van der Waals surface area contributed by atoms with Gasteiger partial charge in [0.15, 0.2) is 0 Å². The lowest BCUT2D eigenvalue weighted by Crippen LogP contribution is -2.18. The van der Waals surface area contributed by atoms with E-state index in [0.29, 0.717) is 5.75 Å². The average molecular weight is 281 g/mol. The molecule has 1 aromatic carbocycles. The summed E-state index contributed by atoms with van der Waals surface area (Å²) in [6, 6.07) is 6.42. The Morgan fingerprint density at radius 1 is 1.26 bits per heavy atom. The van der Waals surface area contributed by atoms with Gasteiger partial charge in [-0.2, -0.15) is 0 Å². The van der Waals surface area contributed by atoms with Crippen LogP contribution in [0.1, 0.15) is 17.2 Å². The second-order valence-corrected chi connectivity index (χ2v) is 4.46. The Bertz CT molecular complexity index is 577. The summed E-state index contributed by atoms with van der Waals surface area (Å²) in [5.74, 6) is 0.245. The second kappa shape index (κ2) is 5.99. The first-order chi connectivity index (χ1) is 9.15. The van der Waals surface area contributed by atoms with Gasteiger partial charge in [0.05, 0.1) is 24.4 Å². The van der Waals surface area contributed by atoms with E-state index in [1.807, 2.05) is 13.1 Å². The topological polar surface area (TPSA) is 34.2 Å². The third-order valence-electron chi connectivity index (χ3n) is 2.87. The Labute approximate surface area is 116 Å². The number of hydrogen-bond donors (Lipinski definition) is 1. The Kier molecular flexibility index (Phi) is 4.35. The normalized spacial score (nSPS) is 12.2. The largest absolute Gasteiger partial charge is 0.495 e. The Morgan fingerprint density at radius 2 is 2.05 bits per heavy atom. The third kappa shape index (κ3) is 3.03. The molecule has 0 fully saturated rings. The molecule has 1 heterocycles. The van der Waals surface area contributed by atoms with Crippen molar-refractivity contribution in [2.75, 3.05) is 14.2 Å². The highest BCUT2D eigenvalue weighted by Gasteiger charge is 2.14. The van der Waals surface area contributed by atoms with Crippen LogP contribution in [0.3, 0.4) is 0 Å². The number of aromatic nitrogens is 1. The van der Waals surface area contributed by atoms with E-state index in [1.54, 1.807) is 31.6 Å². The average Bonchev–Trinajstić information content (AvgIpc) is 2.44. The lowest BCUT2D eigenvalue weighted by atomic mass is 10.0. The molecule has 1 atom stereocenters. The van der Waals surface area contributed by atoms with Crippen LogP contribution in [0.2, 0.25) is 5.02 Å². The minimum atomic E-state index is -0.427. The second-order valence-electron chi connectivity index (χ2n) is 4.05. The van der Waals surface area contributed by atoms with Crippen LogP contribution in [-0.2, 0) is 0 Å². The molecule has 2 rings (SSSR count). The standard InChI is InChI=1S/C14H14ClFN2O/c1-17-14(9-3-4-13(16)12(15)6-9)10-5-11(19-2)8-18-7-10/h3-8,14,17H,1-2H3. The van der Waals surface area contributed by atoms with Crippen molar-refractivity contribution in [3.8, 4) is 5.75 Å². The van der Waals surface area contributed by atoms with Crippen LogP contribution in [0.15, 0.2) is 36.7 Å². The number of nitrogens with one attached hydrogen (secondary N) is 1. The minimum Gasteiger partial charge on any atom is -0.495 e. The van der Waals surface area contributed by atoms with Crippen LogP contribution in [0.5, 0.6) is 5.75 Å². The van der Waals surface area contributed by atoms with E-state index in [-0.39, 0.29) is 11.1 Å². The number of rotatable bonds is 4. The fourth-order valence-electron chi connectivity index (χ4n) is 1.92. The van der Waals surface area contributed by atoms with Gasteiger partial charge in [0.2, 0.25) is 0 Å². The lowest BCUT2D eigenvalue weighted by molar-refractivity contribution is 0.411. The molecule has 0 radical (unpaired) electrons. The van der Waals surface area contributed by atoms with Crippen molar-refractivity contribution in [1.29, 1.82) is 0 Å². The summed E-state index contributed by atoms with van der Waals surface area (Å²) >= 11 is 5.82. The molecule has 0 spiro atoms. The lowest BCUT2D eigenvalue weighted by Gasteiger charge is -2.17. The molecule has 0 aliphatic rings. The van der Waals surface area contributed by atoms with Crippen molar-refractivity contribution in [2.24, 2.45) is 0 Å². The Balaban J connectivity index is 2.40. The van der Waals surface area contributed by atoms with Crippen LogP contribution in [0.4, 0.5) is 4.39 Å². The highest BCUT2D eigenvalue weighted by molar-refractivity contribution is 6.30. The maximum Gasteiger partial charge on any atom is 0.141 e. The third-order valence-corrected chi connectivity index (χ3v) is 3.16. The van der Waals surface area contributed by atoms with Crippen molar-refractivity contribution >= 4 is 11.6 Å². The van der Waals surface area contributed by atoms with Gasteiger partial charge in [0.1, 0.15) is 11.6 Å². The first-order valence-electron chi connectivity index (χ1n) is 5.77. The van der Waals surface area contributed by atoms with E-state index in [4.69, 9.17) is 16.3 Å². The van der Waals surface area contributed by atoms with Crippen molar-refractivity contribution in [2.45, 2.75) is 6.04 Å². The van der Waals surface area contributed by atoms with Gasteiger partial charge in [-0.1, -0.05) is 17.7 Å². The quantitative estimate of drug-likeness (QED) is 0.934. The van der Waals surface area contributed by atoms with Gasteiger partial charge in [-0.25, -0.2) is 4.39 Å². The number of hydrogen-bond acceptors (Lipinski definition) is 3. The molecule has 0 bridgehead atoms. The molecule has 0 aliphatic carbocycles. The molecule has 0 amide bonds. The molecule has 0 saturated heterocycles. The highest BCUT2D eigenvalue weighted by atomic mass is 35.5. The number of halogens is 2. The summed E-state index contributed by atoms with van der Waals surface area (Å²) in [5.41, 5.74) is 1.79. The first-order valence-corrected chi connectivity index (χ1v) is 6.14. The summed E-state index contributed by atoms with van der Waals surface area (Å²) in [6.07, 6.45) is 3.37. The van der Waals surface area contributed by atoms with E-state index >= 15 is 0 Å². The molecule has 0 saturated carbocycles. The zero-order chi connectivity index (χ0) is 13.8. The molecule has 3 nitrogen and oxygen atoms in total. The van der Waals surface area contributed by atoms with Crippen LogP contribution >= 0.6 is 11.6 Å². The Morgan fingerprint density at radius 3 is 2.68 bits per heavy atom. The number of nitrogens with zero attached hydrogens (tertiary/aromatic N) is 1. The summed E-state index contributed by atoms with van der Waals surface area (Å²) in [7, 11) is 3.41. The molecular weight excluding hydrogens is 267 g/mol. The van der Waals surface area contributed by atoms with Crippen molar-refractivity contribution in [3.05, 3.63) is 58.6 Å². The molecule has 1 aromatic heterocycles. The molecule has 2 aromatic rings. The van der Waals surface area contributed by atoms with Gasteiger partial charge in [-0.05, 0) is 36.4 Å². The molecule has 100 valence electrons. The maximum absolute atomic E-state index is 13.2. The van der Waals surface area contributed by atoms with E-state index in [9.17, 15) is 4.39 Å². The molecule has 1 N–H and O–H groups in total. The van der Waals surface area contributed by atoms with E-state index < -0.39 is 5.82 Å². The molecule has 0 aliphatic heterocycles. The summed E-state index contributed by atoms with van der Waals surface area (Å²) in [6.45, 7) is 0. The smallest absolute Gasteiger partial charge is 0.141 e. The van der Waals surface area contributed by atoms with Crippen molar-refractivity contribution in [1.82, 2.24) is 10.3 Å². The molecule has 5 heteroatoms.